The number of amides is 1. The van der Waals surface area contributed by atoms with E-state index in [1.807, 2.05) is 0 Å². The van der Waals surface area contributed by atoms with E-state index in [1.54, 1.807) is 5.56 Å². The second kappa shape index (κ2) is 8.18. The van der Waals surface area contributed by atoms with Crippen LogP contribution in [0.4, 0.5) is 0 Å². The van der Waals surface area contributed by atoms with E-state index in [2.05, 4.69) is 42.2 Å². The molecule has 1 aromatic rings. The number of hydrogen-bond acceptors (Lipinski definition) is 2. The lowest BCUT2D eigenvalue weighted by Gasteiger charge is -2.54. The number of rotatable bonds is 4. The molecule has 2 unspecified atom stereocenters. The summed E-state index contributed by atoms with van der Waals surface area (Å²) in [4.78, 5) is 15.0. The molecule has 1 amide bonds. The van der Waals surface area contributed by atoms with Crippen molar-refractivity contribution in [2.45, 2.75) is 89.0 Å². The van der Waals surface area contributed by atoms with Crippen LogP contribution in [0.15, 0.2) is 30.3 Å². The Kier molecular flexibility index (Phi) is 5.83. The standard InChI is InChI=1S/C25H38N2O/c1-24-13-6-14-25(19-24,21-7-3-2-4-8-21)18-20(17-24)10-11-23(28)27-15-5-9-22(26)12-16-27/h2-4,7-8,20,22H,5-6,9-19,26H2,1H3/t20?,22?,24-,25-/m1/s1. The molecule has 0 aromatic heterocycles. The highest BCUT2D eigenvalue weighted by Gasteiger charge is 2.49. The number of carbonyl (C=O) groups is 1. The molecule has 1 aromatic carbocycles. The fourth-order valence-corrected chi connectivity index (χ4v) is 6.73. The van der Waals surface area contributed by atoms with Crippen molar-refractivity contribution in [2.24, 2.45) is 17.1 Å². The van der Waals surface area contributed by atoms with Crippen molar-refractivity contribution in [3.8, 4) is 0 Å². The Labute approximate surface area is 171 Å². The van der Waals surface area contributed by atoms with Gasteiger partial charge in [0.15, 0.2) is 0 Å². The molecule has 1 heterocycles. The molecular formula is C25H38N2O. The Hall–Kier alpha value is -1.35. The molecule has 3 aliphatic rings. The maximum atomic E-state index is 12.9. The first-order valence-electron chi connectivity index (χ1n) is 11.6. The lowest BCUT2D eigenvalue weighted by atomic mass is 9.50. The minimum Gasteiger partial charge on any atom is -0.343 e. The van der Waals surface area contributed by atoms with E-state index >= 15 is 0 Å². The fraction of sp³-hybridized carbons (Fsp3) is 0.720. The Morgan fingerprint density at radius 1 is 1.11 bits per heavy atom. The van der Waals surface area contributed by atoms with Gasteiger partial charge in [-0.2, -0.15) is 0 Å². The molecule has 1 saturated heterocycles. The van der Waals surface area contributed by atoms with Crippen LogP contribution in [-0.2, 0) is 10.2 Å². The van der Waals surface area contributed by atoms with Crippen molar-refractivity contribution in [3.63, 3.8) is 0 Å². The zero-order chi connectivity index (χ0) is 19.6. The Balaban J connectivity index is 1.41. The summed E-state index contributed by atoms with van der Waals surface area (Å²) in [6.07, 6.45) is 12.8. The van der Waals surface area contributed by atoms with Crippen LogP contribution in [-0.4, -0.2) is 29.9 Å². The highest BCUT2D eigenvalue weighted by Crippen LogP contribution is 2.58. The van der Waals surface area contributed by atoms with E-state index in [4.69, 9.17) is 5.73 Å². The van der Waals surface area contributed by atoms with Gasteiger partial charge in [-0.3, -0.25) is 4.79 Å². The van der Waals surface area contributed by atoms with E-state index in [-0.39, 0.29) is 6.04 Å². The smallest absolute Gasteiger partial charge is 0.222 e. The Morgan fingerprint density at radius 3 is 2.75 bits per heavy atom. The topological polar surface area (TPSA) is 46.3 Å². The monoisotopic (exact) mass is 382 g/mol. The average Bonchev–Trinajstić information content (AvgIpc) is 2.90. The van der Waals surface area contributed by atoms with Gasteiger partial charge >= 0.3 is 0 Å². The van der Waals surface area contributed by atoms with Crippen molar-refractivity contribution in [1.82, 2.24) is 4.90 Å². The molecule has 2 bridgehead atoms. The highest BCUT2D eigenvalue weighted by atomic mass is 16.2. The van der Waals surface area contributed by atoms with Crippen molar-refractivity contribution >= 4 is 5.91 Å². The van der Waals surface area contributed by atoms with E-state index in [0.717, 1.165) is 45.2 Å². The zero-order valence-corrected chi connectivity index (χ0v) is 17.7. The molecule has 0 radical (unpaired) electrons. The molecule has 1 aliphatic heterocycles. The van der Waals surface area contributed by atoms with Crippen molar-refractivity contribution in [1.29, 1.82) is 0 Å². The summed E-state index contributed by atoms with van der Waals surface area (Å²) in [5, 5.41) is 0. The predicted octanol–water partition coefficient (Wildman–Crippen LogP) is 5.03. The van der Waals surface area contributed by atoms with Crippen LogP contribution in [0.5, 0.6) is 0 Å². The van der Waals surface area contributed by atoms with Crippen LogP contribution in [0.1, 0.15) is 83.1 Å². The molecule has 0 spiro atoms. The highest BCUT2D eigenvalue weighted by molar-refractivity contribution is 5.76. The van der Waals surface area contributed by atoms with Crippen LogP contribution in [0.25, 0.3) is 0 Å². The summed E-state index contributed by atoms with van der Waals surface area (Å²) in [6.45, 7) is 4.27. The summed E-state index contributed by atoms with van der Waals surface area (Å²) in [5.41, 5.74) is 8.42. The molecule has 2 saturated carbocycles. The van der Waals surface area contributed by atoms with Gasteiger partial charge in [0.05, 0.1) is 0 Å². The number of likely N-dealkylation sites (tertiary alicyclic amines) is 1. The third kappa shape index (κ3) is 4.30. The van der Waals surface area contributed by atoms with Gasteiger partial charge in [-0.25, -0.2) is 0 Å². The molecule has 4 atom stereocenters. The van der Waals surface area contributed by atoms with E-state index in [0.29, 0.717) is 22.7 Å². The second-order valence-electron chi connectivity index (χ2n) is 10.4. The number of nitrogens with two attached hydrogens (primary N) is 1. The van der Waals surface area contributed by atoms with E-state index in [1.165, 1.54) is 38.5 Å². The van der Waals surface area contributed by atoms with Gasteiger partial charge in [-0.1, -0.05) is 43.7 Å². The summed E-state index contributed by atoms with van der Waals surface area (Å²) >= 11 is 0. The molecule has 2 N–H and O–H groups in total. The van der Waals surface area contributed by atoms with Gasteiger partial charge in [0.1, 0.15) is 0 Å². The molecule has 3 nitrogen and oxygen atoms in total. The number of carbonyl (C=O) groups excluding carboxylic acids is 1. The quantitative estimate of drug-likeness (QED) is 0.793. The minimum atomic E-state index is 0.279. The number of hydrogen-bond donors (Lipinski definition) is 1. The number of benzene rings is 1. The Morgan fingerprint density at radius 2 is 1.93 bits per heavy atom. The maximum Gasteiger partial charge on any atom is 0.222 e. The number of nitrogens with zero attached hydrogens (tertiary/aromatic N) is 1. The molecule has 154 valence electrons. The van der Waals surface area contributed by atoms with Crippen molar-refractivity contribution in [3.05, 3.63) is 35.9 Å². The predicted molar refractivity (Wildman–Crippen MR) is 115 cm³/mol. The third-order valence-corrected chi connectivity index (χ3v) is 7.94. The largest absolute Gasteiger partial charge is 0.343 e. The lowest BCUT2D eigenvalue weighted by molar-refractivity contribution is -0.131. The van der Waals surface area contributed by atoms with Crippen LogP contribution in [0.3, 0.4) is 0 Å². The van der Waals surface area contributed by atoms with Crippen LogP contribution < -0.4 is 5.73 Å². The van der Waals surface area contributed by atoms with E-state index in [9.17, 15) is 4.79 Å². The van der Waals surface area contributed by atoms with Gasteiger partial charge in [0.25, 0.3) is 0 Å². The summed E-state index contributed by atoms with van der Waals surface area (Å²) < 4.78 is 0. The summed E-state index contributed by atoms with van der Waals surface area (Å²) in [6, 6.07) is 11.5. The zero-order valence-electron chi connectivity index (χ0n) is 17.7. The normalized spacial score (nSPS) is 36.0. The van der Waals surface area contributed by atoms with Crippen molar-refractivity contribution in [2.75, 3.05) is 13.1 Å². The first-order chi connectivity index (χ1) is 13.5. The first kappa shape index (κ1) is 19.9. The van der Waals surface area contributed by atoms with Gasteiger partial charge in [0, 0.05) is 25.6 Å². The SMILES string of the molecule is C[C@@]12CCC[C@@](c3ccccc3)(CC(CCC(=O)N3CCCC(N)CC3)C1)C2. The molecule has 4 rings (SSSR count). The molecule has 28 heavy (non-hydrogen) atoms. The average molecular weight is 383 g/mol. The van der Waals surface area contributed by atoms with Crippen LogP contribution >= 0.6 is 0 Å². The van der Waals surface area contributed by atoms with Crippen LogP contribution in [0, 0.1) is 11.3 Å². The summed E-state index contributed by atoms with van der Waals surface area (Å²) in [7, 11) is 0. The minimum absolute atomic E-state index is 0.279. The van der Waals surface area contributed by atoms with Gasteiger partial charge in [0.2, 0.25) is 5.91 Å². The molecular weight excluding hydrogens is 344 g/mol. The van der Waals surface area contributed by atoms with Gasteiger partial charge < -0.3 is 10.6 Å². The lowest BCUT2D eigenvalue weighted by Crippen LogP contribution is -2.45. The van der Waals surface area contributed by atoms with Crippen LogP contribution in [0.2, 0.25) is 0 Å². The Bertz CT molecular complexity index is 674. The van der Waals surface area contributed by atoms with E-state index < -0.39 is 0 Å². The second-order valence-corrected chi connectivity index (χ2v) is 10.4. The number of fused-ring (bicyclic) bond motifs is 2. The van der Waals surface area contributed by atoms with Gasteiger partial charge in [-0.15, -0.1) is 0 Å². The molecule has 2 aliphatic carbocycles. The molecule has 3 heteroatoms. The fourth-order valence-electron chi connectivity index (χ4n) is 6.73. The summed E-state index contributed by atoms with van der Waals surface area (Å²) in [5.74, 6) is 1.04. The first-order valence-corrected chi connectivity index (χ1v) is 11.6. The van der Waals surface area contributed by atoms with Gasteiger partial charge in [-0.05, 0) is 80.1 Å². The van der Waals surface area contributed by atoms with Crippen molar-refractivity contribution < 1.29 is 4.79 Å². The maximum absolute atomic E-state index is 12.9. The third-order valence-electron chi connectivity index (χ3n) is 7.94. The molecule has 3 fully saturated rings.